The highest BCUT2D eigenvalue weighted by atomic mass is 127. The topological polar surface area (TPSA) is 72.5 Å². The van der Waals surface area contributed by atoms with Gasteiger partial charge in [0.25, 0.3) is 0 Å². The van der Waals surface area contributed by atoms with E-state index in [9.17, 15) is 17.6 Å². The summed E-state index contributed by atoms with van der Waals surface area (Å²) in [7, 11) is -2.80. The molecule has 0 aliphatic rings. The van der Waals surface area contributed by atoms with Crippen molar-refractivity contribution in [2.75, 3.05) is 11.8 Å². The van der Waals surface area contributed by atoms with E-state index in [1.165, 1.54) is 19.1 Å². The van der Waals surface area contributed by atoms with Gasteiger partial charge in [0.15, 0.2) is 5.25 Å². The zero-order valence-electron chi connectivity index (χ0n) is 9.61. The van der Waals surface area contributed by atoms with Crippen molar-refractivity contribution in [3.05, 3.63) is 27.6 Å². The lowest BCUT2D eigenvalue weighted by molar-refractivity contribution is -0.139. The number of halogens is 2. The molecule has 0 saturated carbocycles. The lowest BCUT2D eigenvalue weighted by Gasteiger charge is -2.13. The summed E-state index contributed by atoms with van der Waals surface area (Å²) in [6.45, 7) is 1.21. The van der Waals surface area contributed by atoms with Gasteiger partial charge in [0.1, 0.15) is 5.82 Å². The van der Waals surface area contributed by atoms with Crippen LogP contribution >= 0.6 is 22.6 Å². The Kier molecular flexibility index (Phi) is 4.91. The first-order valence-electron chi connectivity index (χ1n) is 4.82. The normalized spacial score (nSPS) is 12.9. The highest BCUT2D eigenvalue weighted by Gasteiger charge is 2.29. The quantitative estimate of drug-likeness (QED) is 0.631. The first kappa shape index (κ1) is 15.2. The molecule has 1 atom stereocenters. The number of hydrogen-bond donors (Lipinski definition) is 1. The molecule has 0 saturated heterocycles. The van der Waals surface area contributed by atoms with E-state index >= 15 is 0 Å². The van der Waals surface area contributed by atoms with Crippen molar-refractivity contribution in [1.29, 1.82) is 0 Å². The zero-order valence-corrected chi connectivity index (χ0v) is 12.6. The van der Waals surface area contributed by atoms with Crippen LogP contribution in [0.1, 0.15) is 6.92 Å². The third-order valence-electron chi connectivity index (χ3n) is 2.18. The molecule has 1 unspecified atom stereocenters. The molecule has 1 N–H and O–H groups in total. The van der Waals surface area contributed by atoms with E-state index in [4.69, 9.17) is 0 Å². The van der Waals surface area contributed by atoms with E-state index in [0.717, 1.165) is 13.2 Å². The monoisotopic (exact) mass is 387 g/mol. The Morgan fingerprint density at radius 2 is 2.11 bits per heavy atom. The molecule has 5 nitrogen and oxygen atoms in total. The molecule has 0 aromatic heterocycles. The molecule has 100 valence electrons. The molecule has 1 aromatic rings. The number of rotatable bonds is 4. The molecule has 0 amide bonds. The third kappa shape index (κ3) is 3.55. The number of hydrogen-bond acceptors (Lipinski definition) is 4. The summed E-state index contributed by atoms with van der Waals surface area (Å²) in [6.07, 6.45) is 0. The van der Waals surface area contributed by atoms with Gasteiger partial charge in [0, 0.05) is 3.57 Å². The number of carbonyl (C=O) groups excluding carboxylic acids is 1. The van der Waals surface area contributed by atoms with Gasteiger partial charge in [-0.3, -0.25) is 9.52 Å². The summed E-state index contributed by atoms with van der Waals surface area (Å²) in [5.74, 6) is -1.33. The smallest absolute Gasteiger partial charge is 0.325 e. The SMILES string of the molecule is COC(=O)C(C)S(=O)(=O)Nc1ccc(F)cc1I. The fourth-order valence-electron chi connectivity index (χ4n) is 1.11. The van der Waals surface area contributed by atoms with E-state index in [2.05, 4.69) is 9.46 Å². The second-order valence-corrected chi connectivity index (χ2v) is 6.60. The van der Waals surface area contributed by atoms with Crippen LogP contribution in [0.3, 0.4) is 0 Å². The van der Waals surface area contributed by atoms with Crippen molar-refractivity contribution < 1.29 is 22.3 Å². The van der Waals surface area contributed by atoms with Crippen molar-refractivity contribution in [3.63, 3.8) is 0 Å². The number of methoxy groups -OCH3 is 1. The Hall–Kier alpha value is -0.900. The van der Waals surface area contributed by atoms with Crippen molar-refractivity contribution in [2.24, 2.45) is 0 Å². The van der Waals surface area contributed by atoms with Crippen molar-refractivity contribution in [2.45, 2.75) is 12.2 Å². The average molecular weight is 387 g/mol. The number of sulfonamides is 1. The highest BCUT2D eigenvalue weighted by Crippen LogP contribution is 2.21. The van der Waals surface area contributed by atoms with Gasteiger partial charge in [0.05, 0.1) is 12.8 Å². The lowest BCUT2D eigenvalue weighted by atomic mass is 10.3. The van der Waals surface area contributed by atoms with Crippen LogP contribution in [0, 0.1) is 9.39 Å². The van der Waals surface area contributed by atoms with Crippen LogP contribution < -0.4 is 4.72 Å². The van der Waals surface area contributed by atoms with E-state index in [-0.39, 0.29) is 5.69 Å². The predicted molar refractivity (Wildman–Crippen MR) is 73.1 cm³/mol. The van der Waals surface area contributed by atoms with Crippen molar-refractivity contribution in [3.8, 4) is 0 Å². The Labute approximate surface area is 118 Å². The number of carbonyl (C=O) groups is 1. The highest BCUT2D eigenvalue weighted by molar-refractivity contribution is 14.1. The molecular formula is C10H11FINO4S. The molecule has 0 spiro atoms. The standard InChI is InChI=1S/C10H11FINO4S/c1-6(10(14)17-2)18(15,16)13-9-4-3-7(11)5-8(9)12/h3-6,13H,1-2H3. The predicted octanol–water partition coefficient (Wildman–Crippen LogP) is 1.73. The second-order valence-electron chi connectivity index (χ2n) is 3.44. The molecule has 0 aliphatic heterocycles. The Morgan fingerprint density at radius 1 is 1.50 bits per heavy atom. The number of anilines is 1. The van der Waals surface area contributed by atoms with Crippen LogP contribution in [0.5, 0.6) is 0 Å². The van der Waals surface area contributed by atoms with E-state index in [1.54, 1.807) is 22.6 Å². The lowest BCUT2D eigenvalue weighted by Crippen LogP contribution is -2.33. The molecule has 0 fully saturated rings. The summed E-state index contributed by atoms with van der Waals surface area (Å²) in [6, 6.07) is 3.60. The van der Waals surface area contributed by atoms with Crippen molar-refractivity contribution >= 4 is 44.3 Å². The van der Waals surface area contributed by atoms with Gasteiger partial charge in [-0.25, -0.2) is 12.8 Å². The Balaban J connectivity index is 2.99. The van der Waals surface area contributed by atoms with E-state index in [1.807, 2.05) is 0 Å². The second kappa shape index (κ2) is 5.83. The fraction of sp³-hybridized carbons (Fsp3) is 0.300. The maximum Gasteiger partial charge on any atom is 0.325 e. The largest absolute Gasteiger partial charge is 0.468 e. The average Bonchev–Trinajstić information content (AvgIpc) is 2.30. The van der Waals surface area contributed by atoms with Gasteiger partial charge in [-0.05, 0) is 47.7 Å². The summed E-state index contributed by atoms with van der Waals surface area (Å²) < 4.78 is 43.5. The molecule has 1 aromatic carbocycles. The van der Waals surface area contributed by atoms with E-state index in [0.29, 0.717) is 3.57 Å². The molecule has 1 rings (SSSR count). The van der Waals surface area contributed by atoms with E-state index < -0.39 is 27.1 Å². The molecule has 0 bridgehead atoms. The zero-order chi connectivity index (χ0) is 13.9. The fourth-order valence-corrected chi connectivity index (χ4v) is 2.91. The summed E-state index contributed by atoms with van der Waals surface area (Å²) >= 11 is 1.79. The van der Waals surface area contributed by atoms with Crippen LogP contribution in [-0.4, -0.2) is 26.7 Å². The molecule has 0 aliphatic carbocycles. The van der Waals surface area contributed by atoms with Crippen molar-refractivity contribution in [1.82, 2.24) is 0 Å². The molecule has 18 heavy (non-hydrogen) atoms. The van der Waals surface area contributed by atoms with Gasteiger partial charge >= 0.3 is 5.97 Å². The van der Waals surface area contributed by atoms with Crippen LogP contribution in [0.15, 0.2) is 18.2 Å². The minimum Gasteiger partial charge on any atom is -0.468 e. The van der Waals surface area contributed by atoms with Crippen LogP contribution in [0.2, 0.25) is 0 Å². The number of ether oxygens (including phenoxy) is 1. The summed E-state index contributed by atoms with van der Waals surface area (Å²) in [5, 5.41) is -1.34. The number of nitrogens with one attached hydrogen (secondary N) is 1. The van der Waals surface area contributed by atoms with Crippen LogP contribution in [-0.2, 0) is 19.6 Å². The summed E-state index contributed by atoms with van der Waals surface area (Å²) in [5.41, 5.74) is 0.216. The minimum absolute atomic E-state index is 0.216. The van der Waals surface area contributed by atoms with Gasteiger partial charge in [0.2, 0.25) is 10.0 Å². The maximum atomic E-state index is 12.9. The maximum absolute atomic E-state index is 12.9. The molecule has 0 radical (unpaired) electrons. The summed E-state index contributed by atoms with van der Waals surface area (Å²) in [4.78, 5) is 11.2. The van der Waals surface area contributed by atoms with Gasteiger partial charge in [-0.15, -0.1) is 0 Å². The van der Waals surface area contributed by atoms with Gasteiger partial charge in [-0.2, -0.15) is 0 Å². The third-order valence-corrected chi connectivity index (χ3v) is 4.70. The molecule has 8 heteroatoms. The first-order valence-corrected chi connectivity index (χ1v) is 7.45. The number of benzene rings is 1. The van der Waals surface area contributed by atoms with Crippen LogP contribution in [0.25, 0.3) is 0 Å². The number of esters is 1. The Morgan fingerprint density at radius 3 is 2.61 bits per heavy atom. The minimum atomic E-state index is -3.91. The van der Waals surface area contributed by atoms with Crippen LogP contribution in [0.4, 0.5) is 10.1 Å². The molecular weight excluding hydrogens is 376 g/mol. The molecule has 0 heterocycles. The van der Waals surface area contributed by atoms with Gasteiger partial charge in [-0.1, -0.05) is 0 Å². The van der Waals surface area contributed by atoms with Gasteiger partial charge < -0.3 is 4.74 Å². The Bertz CT molecular complexity index is 561. The first-order chi connectivity index (χ1) is 8.27.